The zero-order valence-corrected chi connectivity index (χ0v) is 14.9. The van der Waals surface area contributed by atoms with Crippen LogP contribution in [0.3, 0.4) is 0 Å². The fourth-order valence-corrected chi connectivity index (χ4v) is 3.50. The lowest BCUT2D eigenvalue weighted by Crippen LogP contribution is -2.51. The Kier molecular flexibility index (Phi) is 5.06. The molecule has 1 atom stereocenters. The molecule has 3 rings (SSSR count). The van der Waals surface area contributed by atoms with Crippen LogP contribution < -0.4 is 0 Å². The van der Waals surface area contributed by atoms with Crippen LogP contribution >= 0.6 is 0 Å². The Morgan fingerprint density at radius 2 is 1.64 bits per heavy atom. The molecule has 1 aromatic rings. The van der Waals surface area contributed by atoms with E-state index in [4.69, 9.17) is 0 Å². The highest BCUT2D eigenvalue weighted by Gasteiger charge is 2.37. The third-order valence-electron chi connectivity index (χ3n) is 5.09. The fraction of sp³-hybridized carbons (Fsp3) is 0.526. The molecule has 0 radical (unpaired) electrons. The molecule has 3 amide bonds. The SMILES string of the molecule is CC(=O)N1CCN(C(=O)[C@@H]2CC(=O)N(Cc3ccc(C)cc3)C2)CC1. The van der Waals surface area contributed by atoms with Gasteiger partial charge in [-0.25, -0.2) is 0 Å². The molecule has 2 aliphatic heterocycles. The molecule has 0 N–H and O–H groups in total. The van der Waals surface area contributed by atoms with Gasteiger partial charge in [0.25, 0.3) is 0 Å². The molecule has 2 saturated heterocycles. The van der Waals surface area contributed by atoms with Gasteiger partial charge in [0.05, 0.1) is 5.92 Å². The van der Waals surface area contributed by atoms with Crippen molar-refractivity contribution in [2.24, 2.45) is 5.92 Å². The number of nitrogens with zero attached hydrogens (tertiary/aromatic N) is 3. The summed E-state index contributed by atoms with van der Waals surface area (Å²) in [5.74, 6) is -0.126. The number of rotatable bonds is 3. The molecule has 0 spiro atoms. The summed E-state index contributed by atoms with van der Waals surface area (Å²) >= 11 is 0. The highest BCUT2D eigenvalue weighted by atomic mass is 16.2. The first-order chi connectivity index (χ1) is 11.9. The topological polar surface area (TPSA) is 60.9 Å². The molecule has 0 aromatic heterocycles. The number of amides is 3. The van der Waals surface area contributed by atoms with E-state index >= 15 is 0 Å². The fourth-order valence-electron chi connectivity index (χ4n) is 3.50. The smallest absolute Gasteiger partial charge is 0.228 e. The van der Waals surface area contributed by atoms with E-state index in [1.165, 1.54) is 5.56 Å². The minimum atomic E-state index is -0.262. The number of likely N-dealkylation sites (tertiary alicyclic amines) is 1. The highest BCUT2D eigenvalue weighted by molar-refractivity contribution is 5.89. The van der Waals surface area contributed by atoms with E-state index in [2.05, 4.69) is 0 Å². The molecule has 6 nitrogen and oxygen atoms in total. The van der Waals surface area contributed by atoms with Crippen molar-refractivity contribution in [2.45, 2.75) is 26.8 Å². The summed E-state index contributed by atoms with van der Waals surface area (Å²) in [7, 11) is 0. The quantitative estimate of drug-likeness (QED) is 0.824. The summed E-state index contributed by atoms with van der Waals surface area (Å²) in [4.78, 5) is 41.7. The van der Waals surface area contributed by atoms with Gasteiger partial charge in [0.2, 0.25) is 17.7 Å². The van der Waals surface area contributed by atoms with Crippen LogP contribution in [-0.4, -0.2) is 65.1 Å². The number of piperazine rings is 1. The van der Waals surface area contributed by atoms with Gasteiger partial charge in [-0.05, 0) is 12.5 Å². The summed E-state index contributed by atoms with van der Waals surface area (Å²) in [6, 6.07) is 8.12. The number of carbonyl (C=O) groups is 3. The Labute approximate surface area is 148 Å². The molecule has 2 heterocycles. The highest BCUT2D eigenvalue weighted by Crippen LogP contribution is 2.23. The summed E-state index contributed by atoms with van der Waals surface area (Å²) in [6.07, 6.45) is 0.289. The molecule has 0 unspecified atom stereocenters. The van der Waals surface area contributed by atoms with Crippen molar-refractivity contribution in [3.63, 3.8) is 0 Å². The minimum Gasteiger partial charge on any atom is -0.339 e. The first-order valence-electron chi connectivity index (χ1n) is 8.81. The standard InChI is InChI=1S/C19H25N3O3/c1-14-3-5-16(6-4-14)12-22-13-17(11-18(22)24)19(25)21-9-7-20(8-10-21)15(2)23/h3-6,17H,7-13H2,1-2H3/t17-/m1/s1. The van der Waals surface area contributed by atoms with E-state index in [-0.39, 0.29) is 30.1 Å². The van der Waals surface area contributed by atoms with Crippen LogP contribution in [0.1, 0.15) is 24.5 Å². The van der Waals surface area contributed by atoms with Gasteiger partial charge in [0.15, 0.2) is 0 Å². The summed E-state index contributed by atoms with van der Waals surface area (Å²) in [5, 5.41) is 0. The second kappa shape index (κ2) is 7.25. The normalized spacial score (nSPS) is 21.0. The Bertz CT molecular complexity index is 663. The third-order valence-corrected chi connectivity index (χ3v) is 5.09. The lowest BCUT2D eigenvalue weighted by atomic mass is 10.1. The zero-order chi connectivity index (χ0) is 18.0. The van der Waals surface area contributed by atoms with Crippen LogP contribution in [0.2, 0.25) is 0 Å². The van der Waals surface area contributed by atoms with Crippen LogP contribution in [0, 0.1) is 12.8 Å². The van der Waals surface area contributed by atoms with Gasteiger partial charge in [0, 0.05) is 52.6 Å². The van der Waals surface area contributed by atoms with E-state index in [0.29, 0.717) is 39.3 Å². The van der Waals surface area contributed by atoms with Gasteiger partial charge >= 0.3 is 0 Å². The predicted molar refractivity (Wildman–Crippen MR) is 93.5 cm³/mol. The van der Waals surface area contributed by atoms with Gasteiger partial charge in [-0.15, -0.1) is 0 Å². The van der Waals surface area contributed by atoms with Gasteiger partial charge in [-0.1, -0.05) is 29.8 Å². The number of carbonyl (C=O) groups excluding carboxylic acids is 3. The van der Waals surface area contributed by atoms with Gasteiger partial charge in [0.1, 0.15) is 0 Å². The van der Waals surface area contributed by atoms with Crippen LogP contribution in [0.25, 0.3) is 0 Å². The monoisotopic (exact) mass is 343 g/mol. The molecule has 2 fully saturated rings. The molecular formula is C19H25N3O3. The maximum atomic E-state index is 12.7. The predicted octanol–water partition coefficient (Wildman–Crippen LogP) is 1.03. The molecule has 0 aliphatic carbocycles. The maximum Gasteiger partial charge on any atom is 0.228 e. The van der Waals surface area contributed by atoms with Crippen LogP contribution in [0.4, 0.5) is 0 Å². The first kappa shape index (κ1) is 17.5. The first-order valence-corrected chi connectivity index (χ1v) is 8.81. The van der Waals surface area contributed by atoms with Crippen LogP contribution in [0.5, 0.6) is 0 Å². The molecule has 1 aromatic carbocycles. The number of hydrogen-bond donors (Lipinski definition) is 0. The molecule has 0 bridgehead atoms. The Balaban J connectivity index is 1.56. The number of hydrogen-bond acceptors (Lipinski definition) is 3. The van der Waals surface area contributed by atoms with Crippen LogP contribution in [-0.2, 0) is 20.9 Å². The van der Waals surface area contributed by atoms with Crippen LogP contribution in [0.15, 0.2) is 24.3 Å². The Morgan fingerprint density at radius 3 is 2.24 bits per heavy atom. The zero-order valence-electron chi connectivity index (χ0n) is 14.9. The minimum absolute atomic E-state index is 0.0429. The summed E-state index contributed by atoms with van der Waals surface area (Å²) in [6.45, 7) is 6.90. The number of benzene rings is 1. The lowest BCUT2D eigenvalue weighted by molar-refractivity contribution is -0.141. The van der Waals surface area contributed by atoms with E-state index in [1.807, 2.05) is 31.2 Å². The number of aryl methyl sites for hydroxylation is 1. The molecule has 25 heavy (non-hydrogen) atoms. The van der Waals surface area contributed by atoms with E-state index in [0.717, 1.165) is 5.56 Å². The maximum absolute atomic E-state index is 12.7. The van der Waals surface area contributed by atoms with Crippen molar-refractivity contribution < 1.29 is 14.4 Å². The van der Waals surface area contributed by atoms with Crippen molar-refractivity contribution in [1.82, 2.24) is 14.7 Å². The van der Waals surface area contributed by atoms with Crippen molar-refractivity contribution in [2.75, 3.05) is 32.7 Å². The van der Waals surface area contributed by atoms with Crippen molar-refractivity contribution in [1.29, 1.82) is 0 Å². The van der Waals surface area contributed by atoms with Crippen molar-refractivity contribution in [3.05, 3.63) is 35.4 Å². The molecule has 134 valence electrons. The van der Waals surface area contributed by atoms with Gasteiger partial charge < -0.3 is 14.7 Å². The van der Waals surface area contributed by atoms with Gasteiger partial charge in [-0.3, -0.25) is 14.4 Å². The Morgan fingerprint density at radius 1 is 1.04 bits per heavy atom. The van der Waals surface area contributed by atoms with Crippen molar-refractivity contribution in [3.8, 4) is 0 Å². The van der Waals surface area contributed by atoms with Crippen molar-refractivity contribution >= 4 is 17.7 Å². The third kappa shape index (κ3) is 4.00. The molecule has 6 heteroatoms. The van der Waals surface area contributed by atoms with E-state index in [9.17, 15) is 14.4 Å². The molecular weight excluding hydrogens is 318 g/mol. The van der Waals surface area contributed by atoms with E-state index < -0.39 is 0 Å². The summed E-state index contributed by atoms with van der Waals surface area (Å²) in [5.41, 5.74) is 2.27. The largest absolute Gasteiger partial charge is 0.339 e. The average Bonchev–Trinajstić information content (AvgIpc) is 2.97. The summed E-state index contributed by atoms with van der Waals surface area (Å²) < 4.78 is 0. The second-order valence-electron chi connectivity index (χ2n) is 6.99. The molecule has 0 saturated carbocycles. The lowest BCUT2D eigenvalue weighted by Gasteiger charge is -2.35. The van der Waals surface area contributed by atoms with Gasteiger partial charge in [-0.2, -0.15) is 0 Å². The van der Waals surface area contributed by atoms with E-state index in [1.54, 1.807) is 21.6 Å². The average molecular weight is 343 g/mol. The Hall–Kier alpha value is -2.37. The second-order valence-corrected chi connectivity index (χ2v) is 6.99. The molecule has 2 aliphatic rings.